The van der Waals surface area contributed by atoms with Crippen molar-refractivity contribution >= 4 is 17.8 Å². The third-order valence-electron chi connectivity index (χ3n) is 5.31. The molecule has 1 aliphatic rings. The fourth-order valence-electron chi connectivity index (χ4n) is 3.69. The van der Waals surface area contributed by atoms with E-state index in [1.165, 1.54) is 0 Å². The van der Waals surface area contributed by atoms with Gasteiger partial charge in [0.05, 0.1) is 6.54 Å². The minimum Gasteiger partial charge on any atom is -0.481 e. The maximum atomic E-state index is 12.5. The third-order valence-corrected chi connectivity index (χ3v) is 5.31. The molecule has 33 heavy (non-hydrogen) atoms. The van der Waals surface area contributed by atoms with Crippen molar-refractivity contribution in [2.75, 3.05) is 13.6 Å². The van der Waals surface area contributed by atoms with Gasteiger partial charge in [-0.15, -0.1) is 5.10 Å². The maximum absolute atomic E-state index is 12.5. The zero-order valence-electron chi connectivity index (χ0n) is 19.6. The summed E-state index contributed by atoms with van der Waals surface area (Å²) >= 11 is 0. The summed E-state index contributed by atoms with van der Waals surface area (Å²) in [6.07, 6.45) is 4.00. The highest BCUT2D eigenvalue weighted by Gasteiger charge is 2.31. The van der Waals surface area contributed by atoms with Crippen LogP contribution in [-0.2, 0) is 16.1 Å². The number of carboxylic acid groups (broad SMARTS) is 1. The van der Waals surface area contributed by atoms with Crippen LogP contribution in [0.3, 0.4) is 0 Å². The molecule has 2 heterocycles. The van der Waals surface area contributed by atoms with Crippen LogP contribution >= 0.6 is 0 Å². The molecule has 2 amide bonds. The number of carbonyl (C=O) groups is 3. The summed E-state index contributed by atoms with van der Waals surface area (Å²) in [5, 5.41) is 24.4. The summed E-state index contributed by atoms with van der Waals surface area (Å²) in [6.45, 7) is 6.15. The molecule has 3 N–H and O–H groups in total. The monoisotopic (exact) mass is 459 g/mol. The number of carbonyl (C=O) groups excluding carboxylic acids is 2. The number of hydrogen-bond donors (Lipinski definition) is 3. The predicted octanol–water partition coefficient (Wildman–Crippen LogP) is 0.920. The summed E-state index contributed by atoms with van der Waals surface area (Å²) in [5.41, 5.74) is 1.64. The van der Waals surface area contributed by atoms with Gasteiger partial charge in [-0.2, -0.15) is 0 Å². The van der Waals surface area contributed by atoms with Crippen molar-refractivity contribution in [1.29, 1.82) is 0 Å². The van der Waals surface area contributed by atoms with Crippen LogP contribution in [0.2, 0.25) is 0 Å². The molecule has 0 unspecified atom stereocenters. The van der Waals surface area contributed by atoms with Gasteiger partial charge >= 0.3 is 0 Å². The second-order valence-electron chi connectivity index (χ2n) is 8.41. The fourth-order valence-corrected chi connectivity index (χ4v) is 3.69. The van der Waals surface area contributed by atoms with Crippen LogP contribution in [0, 0.1) is 0 Å². The Morgan fingerprint density at radius 3 is 2.36 bits per heavy atom. The summed E-state index contributed by atoms with van der Waals surface area (Å²) in [5.74, 6) is -0.836. The van der Waals surface area contributed by atoms with E-state index >= 15 is 0 Å². The molecule has 0 radical (unpaired) electrons. The van der Waals surface area contributed by atoms with Gasteiger partial charge in [0, 0.05) is 43.6 Å². The first kappa shape index (κ1) is 25.9. The van der Waals surface area contributed by atoms with E-state index in [0.717, 1.165) is 25.3 Å². The molecular formula is C22H33N7O4. The van der Waals surface area contributed by atoms with Crippen LogP contribution < -0.4 is 10.6 Å². The normalized spacial score (nSPS) is 17.8. The Hall–Kier alpha value is -3.34. The summed E-state index contributed by atoms with van der Waals surface area (Å²) in [6, 6.07) is 8.06. The van der Waals surface area contributed by atoms with E-state index in [1.807, 2.05) is 45.2 Å². The first-order chi connectivity index (χ1) is 15.7. The number of likely N-dealkylation sites (tertiary alicyclic amines) is 1. The second-order valence-corrected chi connectivity index (χ2v) is 8.41. The second kappa shape index (κ2) is 12.6. The van der Waals surface area contributed by atoms with Crippen molar-refractivity contribution in [3.05, 3.63) is 41.7 Å². The number of amides is 2. The molecule has 3 rings (SSSR count). The number of hydrogen-bond acceptors (Lipinski definition) is 7. The number of likely N-dealkylation sites (N-methyl/N-ethyl adjacent to an activating group) is 1. The molecular weight excluding hydrogens is 426 g/mol. The molecule has 1 aliphatic heterocycles. The van der Waals surface area contributed by atoms with Crippen LogP contribution in [0.1, 0.15) is 56.0 Å². The SMILES string of the molecule is CC(=O)O.CC(C)NC(=O)C[C@H]1CC[C@@H](CNC(=O)c2ccc(Cn3cnnn3)cc2)N1C. The Balaban J connectivity index is 0.000000890. The predicted molar refractivity (Wildman–Crippen MR) is 121 cm³/mol. The molecule has 2 aromatic rings. The number of nitrogens with zero attached hydrogens (tertiary/aromatic N) is 5. The Kier molecular flexibility index (Phi) is 9.92. The molecule has 0 spiro atoms. The molecule has 2 atom stereocenters. The molecule has 0 aliphatic carbocycles. The first-order valence-electron chi connectivity index (χ1n) is 10.9. The van der Waals surface area contributed by atoms with Crippen LogP contribution in [-0.4, -0.2) is 79.7 Å². The summed E-state index contributed by atoms with van der Waals surface area (Å²) in [7, 11) is 2.03. The zero-order chi connectivity index (χ0) is 24.4. The van der Waals surface area contributed by atoms with Crippen molar-refractivity contribution in [2.45, 2.75) is 64.7 Å². The van der Waals surface area contributed by atoms with E-state index in [1.54, 1.807) is 11.0 Å². The number of carboxylic acids is 1. The number of benzene rings is 1. The van der Waals surface area contributed by atoms with E-state index in [-0.39, 0.29) is 29.9 Å². The quantitative estimate of drug-likeness (QED) is 0.529. The summed E-state index contributed by atoms with van der Waals surface area (Å²) in [4.78, 5) is 35.7. The van der Waals surface area contributed by atoms with Gasteiger partial charge in [-0.25, -0.2) is 4.68 Å². The van der Waals surface area contributed by atoms with Crippen molar-refractivity contribution in [3.63, 3.8) is 0 Å². The van der Waals surface area contributed by atoms with Crippen LogP contribution in [0.5, 0.6) is 0 Å². The average Bonchev–Trinajstić information content (AvgIpc) is 3.36. The van der Waals surface area contributed by atoms with E-state index < -0.39 is 5.97 Å². The Morgan fingerprint density at radius 2 is 1.79 bits per heavy atom. The number of tetrazole rings is 1. The topological polar surface area (TPSA) is 142 Å². The highest BCUT2D eigenvalue weighted by Crippen LogP contribution is 2.24. The zero-order valence-corrected chi connectivity index (χ0v) is 19.6. The summed E-state index contributed by atoms with van der Waals surface area (Å²) < 4.78 is 1.63. The van der Waals surface area contributed by atoms with Gasteiger partial charge in [0.15, 0.2) is 0 Å². The third kappa shape index (κ3) is 8.97. The van der Waals surface area contributed by atoms with Gasteiger partial charge < -0.3 is 15.7 Å². The van der Waals surface area contributed by atoms with Gasteiger partial charge in [0.1, 0.15) is 6.33 Å². The van der Waals surface area contributed by atoms with E-state index in [0.29, 0.717) is 25.1 Å². The van der Waals surface area contributed by atoms with Crippen LogP contribution in [0.25, 0.3) is 0 Å². The van der Waals surface area contributed by atoms with Gasteiger partial charge in [-0.3, -0.25) is 19.3 Å². The molecule has 1 aromatic heterocycles. The average molecular weight is 460 g/mol. The first-order valence-corrected chi connectivity index (χ1v) is 10.9. The molecule has 0 bridgehead atoms. The van der Waals surface area contributed by atoms with E-state index in [9.17, 15) is 9.59 Å². The lowest BCUT2D eigenvalue weighted by molar-refractivity contribution is -0.134. The minimum absolute atomic E-state index is 0.0864. The van der Waals surface area contributed by atoms with Crippen molar-refractivity contribution < 1.29 is 19.5 Å². The van der Waals surface area contributed by atoms with Crippen LogP contribution in [0.4, 0.5) is 0 Å². The van der Waals surface area contributed by atoms with Gasteiger partial charge in [-0.1, -0.05) is 12.1 Å². The smallest absolute Gasteiger partial charge is 0.300 e. The lowest BCUT2D eigenvalue weighted by Crippen LogP contribution is -2.43. The number of rotatable bonds is 8. The van der Waals surface area contributed by atoms with Crippen LogP contribution in [0.15, 0.2) is 30.6 Å². The molecule has 1 fully saturated rings. The largest absolute Gasteiger partial charge is 0.481 e. The lowest BCUT2D eigenvalue weighted by atomic mass is 10.1. The molecule has 11 nitrogen and oxygen atoms in total. The van der Waals surface area contributed by atoms with Gasteiger partial charge in [-0.05, 0) is 61.9 Å². The Labute approximate surface area is 193 Å². The highest BCUT2D eigenvalue weighted by molar-refractivity contribution is 5.94. The number of aromatic nitrogens is 4. The van der Waals surface area contributed by atoms with E-state index in [2.05, 4.69) is 31.1 Å². The number of aliphatic carboxylic acids is 1. The van der Waals surface area contributed by atoms with Gasteiger partial charge in [0.2, 0.25) is 5.91 Å². The lowest BCUT2D eigenvalue weighted by Gasteiger charge is -2.26. The highest BCUT2D eigenvalue weighted by atomic mass is 16.4. The molecule has 1 saturated heterocycles. The van der Waals surface area contributed by atoms with Gasteiger partial charge in [0.25, 0.3) is 11.9 Å². The van der Waals surface area contributed by atoms with E-state index in [4.69, 9.17) is 9.90 Å². The standard InChI is InChI=1S/C20H29N7O2.C2H4O2/c1-14(2)23-19(28)10-17-8-9-18(26(17)3)11-21-20(29)16-6-4-15(5-7-16)12-27-13-22-24-25-27;1-2(3)4/h4-7,13-14,17-18H,8-12H2,1-3H3,(H,21,29)(H,23,28);1H3,(H,3,4)/t17-,18+;/m1./s1. The molecule has 1 aromatic carbocycles. The van der Waals surface area contributed by atoms with Crippen molar-refractivity contribution in [2.24, 2.45) is 0 Å². The molecule has 180 valence electrons. The Morgan fingerprint density at radius 1 is 1.15 bits per heavy atom. The van der Waals surface area contributed by atoms with Crippen molar-refractivity contribution in [1.82, 2.24) is 35.7 Å². The Bertz CT molecular complexity index is 896. The van der Waals surface area contributed by atoms with Crippen molar-refractivity contribution in [3.8, 4) is 0 Å². The fraction of sp³-hybridized carbons (Fsp3) is 0.545. The molecule has 0 saturated carbocycles. The maximum Gasteiger partial charge on any atom is 0.300 e. The number of nitrogens with one attached hydrogen (secondary N) is 2. The molecule has 11 heteroatoms. The minimum atomic E-state index is -0.833.